The fourth-order valence-corrected chi connectivity index (χ4v) is 5.32. The van der Waals surface area contributed by atoms with Crippen molar-refractivity contribution >= 4 is 17.5 Å². The molecule has 1 N–H and O–H groups in total. The summed E-state index contributed by atoms with van der Waals surface area (Å²) >= 11 is -1.15. The first kappa shape index (κ1) is 22.4. The normalized spacial score (nSPS) is 22.5. The van der Waals surface area contributed by atoms with E-state index in [1.807, 2.05) is 46.4 Å². The van der Waals surface area contributed by atoms with Gasteiger partial charge < -0.3 is 14.2 Å². The molecule has 2 atom stereocenters. The average molecular weight is 421 g/mol. The van der Waals surface area contributed by atoms with E-state index in [0.717, 1.165) is 19.3 Å². The summed E-state index contributed by atoms with van der Waals surface area (Å²) in [6.07, 6.45) is 2.48. The molecule has 1 fully saturated rings. The molecule has 1 aliphatic carbocycles. The van der Waals surface area contributed by atoms with Crippen molar-refractivity contribution in [2.45, 2.75) is 84.1 Å². The zero-order valence-electron chi connectivity index (χ0n) is 18.9. The summed E-state index contributed by atoms with van der Waals surface area (Å²) in [4.78, 5) is 14.3. The SMILES string of the molecule is Cc1ccc2c(c1)CC1(CCN(C(=O)OC(C)(C)C)CC1)[C@@H]2N[S+]([O-])C(C)(C)C. The molecule has 1 aromatic rings. The number of hydrogen-bond donors (Lipinski definition) is 1. The molecule has 2 aliphatic rings. The second kappa shape index (κ2) is 7.78. The molecule has 1 unspecified atom stereocenters. The van der Waals surface area contributed by atoms with Crippen LogP contribution < -0.4 is 4.72 Å². The highest BCUT2D eigenvalue weighted by molar-refractivity contribution is 7.90. The van der Waals surface area contributed by atoms with Gasteiger partial charge in [-0.25, -0.2) is 4.79 Å². The number of likely N-dealkylation sites (tertiary alicyclic amines) is 1. The van der Waals surface area contributed by atoms with Crippen molar-refractivity contribution in [1.82, 2.24) is 9.62 Å². The Morgan fingerprint density at radius 2 is 1.83 bits per heavy atom. The molecule has 1 aliphatic heterocycles. The van der Waals surface area contributed by atoms with Gasteiger partial charge in [0.2, 0.25) is 0 Å². The van der Waals surface area contributed by atoms with Crippen LogP contribution in [0.1, 0.15) is 77.1 Å². The molecule has 3 rings (SSSR count). The van der Waals surface area contributed by atoms with Crippen molar-refractivity contribution in [2.75, 3.05) is 13.1 Å². The number of ether oxygens (including phenoxy) is 1. The Kier molecular flexibility index (Phi) is 6.03. The minimum Gasteiger partial charge on any atom is -0.598 e. The van der Waals surface area contributed by atoms with Gasteiger partial charge in [-0.05, 0) is 78.9 Å². The van der Waals surface area contributed by atoms with Crippen molar-refractivity contribution in [2.24, 2.45) is 5.41 Å². The second-order valence-corrected chi connectivity index (χ2v) is 12.6. The van der Waals surface area contributed by atoms with Gasteiger partial charge in [-0.3, -0.25) is 0 Å². The molecule has 1 saturated heterocycles. The van der Waals surface area contributed by atoms with Crippen molar-refractivity contribution in [3.05, 3.63) is 34.9 Å². The molecule has 0 bridgehead atoms. The fourth-order valence-electron chi connectivity index (χ4n) is 4.38. The third kappa shape index (κ3) is 4.92. The smallest absolute Gasteiger partial charge is 0.410 e. The molecule has 1 heterocycles. The minimum absolute atomic E-state index is 0.0183. The summed E-state index contributed by atoms with van der Waals surface area (Å²) < 4.78 is 21.7. The van der Waals surface area contributed by atoms with Gasteiger partial charge in [-0.15, -0.1) is 4.72 Å². The largest absolute Gasteiger partial charge is 0.598 e. The number of carbonyl (C=O) groups excluding carboxylic acids is 1. The van der Waals surface area contributed by atoms with Crippen LogP contribution in [0.4, 0.5) is 4.79 Å². The van der Waals surface area contributed by atoms with Crippen LogP contribution in [0.3, 0.4) is 0 Å². The highest BCUT2D eigenvalue weighted by atomic mass is 32.2. The average Bonchev–Trinajstić information content (AvgIpc) is 2.85. The third-order valence-electron chi connectivity index (χ3n) is 5.96. The van der Waals surface area contributed by atoms with Crippen LogP contribution >= 0.6 is 0 Å². The lowest BCUT2D eigenvalue weighted by Gasteiger charge is -2.43. The standard InChI is InChI=1S/C23H36N2O3S/c1-16-8-9-18-17(14-16)15-23(19(18)24-29(27)22(5,6)7)10-12-25(13-11-23)20(26)28-21(2,3)4/h8-9,14,19,24H,10-13,15H2,1-7H3/t19-,29?/m1/s1. The number of piperidine rings is 1. The first-order chi connectivity index (χ1) is 13.3. The van der Waals surface area contributed by atoms with Crippen molar-refractivity contribution in [3.63, 3.8) is 0 Å². The molecule has 0 aromatic heterocycles. The van der Waals surface area contributed by atoms with Gasteiger partial charge in [-0.1, -0.05) is 23.8 Å². The van der Waals surface area contributed by atoms with Crippen LogP contribution in [-0.2, 0) is 22.5 Å². The topological polar surface area (TPSA) is 64.6 Å². The molecule has 5 nitrogen and oxygen atoms in total. The van der Waals surface area contributed by atoms with E-state index in [9.17, 15) is 9.35 Å². The second-order valence-electron chi connectivity index (χ2n) is 10.6. The molecule has 0 radical (unpaired) electrons. The number of carbonyl (C=O) groups is 1. The van der Waals surface area contributed by atoms with Crippen LogP contribution in [-0.4, -0.2) is 39.0 Å². The monoisotopic (exact) mass is 420 g/mol. The molecular formula is C23H36N2O3S. The number of nitrogens with one attached hydrogen (secondary N) is 1. The number of fused-ring (bicyclic) bond motifs is 1. The number of benzene rings is 1. The van der Waals surface area contributed by atoms with Gasteiger partial charge in [-0.2, -0.15) is 0 Å². The Morgan fingerprint density at radius 1 is 1.21 bits per heavy atom. The van der Waals surface area contributed by atoms with Crippen molar-refractivity contribution in [3.8, 4) is 0 Å². The van der Waals surface area contributed by atoms with Crippen LogP contribution in [0.15, 0.2) is 18.2 Å². The first-order valence-corrected chi connectivity index (χ1v) is 11.7. The minimum atomic E-state index is -1.15. The maximum absolute atomic E-state index is 13.0. The summed E-state index contributed by atoms with van der Waals surface area (Å²) in [5, 5.41) is 0. The number of hydrogen-bond acceptors (Lipinski definition) is 4. The van der Waals surface area contributed by atoms with E-state index in [2.05, 4.69) is 29.8 Å². The van der Waals surface area contributed by atoms with Crippen LogP contribution in [0.5, 0.6) is 0 Å². The van der Waals surface area contributed by atoms with Gasteiger partial charge in [0, 0.05) is 29.9 Å². The van der Waals surface area contributed by atoms with Crippen LogP contribution in [0, 0.1) is 12.3 Å². The summed E-state index contributed by atoms with van der Waals surface area (Å²) in [6, 6.07) is 6.64. The predicted molar refractivity (Wildman–Crippen MR) is 118 cm³/mol. The van der Waals surface area contributed by atoms with E-state index in [1.165, 1.54) is 16.7 Å². The van der Waals surface area contributed by atoms with Crippen molar-refractivity contribution in [1.29, 1.82) is 0 Å². The summed E-state index contributed by atoms with van der Waals surface area (Å²) in [7, 11) is 0. The van der Waals surface area contributed by atoms with Gasteiger partial charge in [0.15, 0.2) is 0 Å². The van der Waals surface area contributed by atoms with E-state index in [1.54, 1.807) is 0 Å². The molecule has 1 amide bonds. The third-order valence-corrected chi connectivity index (χ3v) is 7.52. The summed E-state index contributed by atoms with van der Waals surface area (Å²) in [6.45, 7) is 15.1. The Morgan fingerprint density at radius 3 is 2.38 bits per heavy atom. The predicted octanol–water partition coefficient (Wildman–Crippen LogP) is 4.66. The van der Waals surface area contributed by atoms with Gasteiger partial charge >= 0.3 is 6.09 Å². The molecule has 0 saturated carbocycles. The van der Waals surface area contributed by atoms with Gasteiger partial charge in [0.25, 0.3) is 0 Å². The lowest BCUT2D eigenvalue weighted by molar-refractivity contribution is 0.00716. The fraction of sp³-hybridized carbons (Fsp3) is 0.696. The zero-order chi connectivity index (χ0) is 21.6. The highest BCUT2D eigenvalue weighted by Crippen LogP contribution is 2.52. The number of nitrogens with zero attached hydrogens (tertiary/aromatic N) is 1. The van der Waals surface area contributed by atoms with E-state index in [-0.39, 0.29) is 22.3 Å². The molecule has 1 spiro atoms. The Balaban J connectivity index is 1.81. The lowest BCUT2D eigenvalue weighted by atomic mass is 9.73. The maximum Gasteiger partial charge on any atom is 0.410 e. The molecule has 6 heteroatoms. The van der Waals surface area contributed by atoms with E-state index < -0.39 is 17.0 Å². The lowest BCUT2D eigenvalue weighted by Crippen LogP contribution is -2.51. The van der Waals surface area contributed by atoms with E-state index in [4.69, 9.17) is 4.74 Å². The molecule has 1 aromatic carbocycles. The van der Waals surface area contributed by atoms with E-state index in [0.29, 0.717) is 13.1 Å². The van der Waals surface area contributed by atoms with Gasteiger partial charge in [0.1, 0.15) is 10.3 Å². The number of amides is 1. The molecule has 162 valence electrons. The zero-order valence-corrected chi connectivity index (χ0v) is 19.7. The Bertz CT molecular complexity index is 758. The number of aryl methyl sites for hydroxylation is 1. The Hall–Kier alpha value is -1.24. The Labute approximate surface area is 178 Å². The van der Waals surface area contributed by atoms with E-state index >= 15 is 0 Å². The van der Waals surface area contributed by atoms with Crippen LogP contribution in [0.25, 0.3) is 0 Å². The van der Waals surface area contributed by atoms with Crippen LogP contribution in [0.2, 0.25) is 0 Å². The maximum atomic E-state index is 13.0. The van der Waals surface area contributed by atoms with Gasteiger partial charge in [0.05, 0.1) is 6.04 Å². The highest BCUT2D eigenvalue weighted by Gasteiger charge is 2.51. The quantitative estimate of drug-likeness (QED) is 0.707. The molecule has 29 heavy (non-hydrogen) atoms. The first-order valence-electron chi connectivity index (χ1n) is 10.6. The number of rotatable bonds is 2. The summed E-state index contributed by atoms with van der Waals surface area (Å²) in [5.41, 5.74) is 3.36. The molecular weight excluding hydrogens is 384 g/mol. The summed E-state index contributed by atoms with van der Waals surface area (Å²) in [5.74, 6) is 0. The van der Waals surface area contributed by atoms with Crippen molar-refractivity contribution < 1.29 is 14.1 Å².